The molecule has 1 amide bonds. The average molecular weight is 454 g/mol. The molecule has 34 heavy (non-hydrogen) atoms. The Hall–Kier alpha value is -4.24. The molecule has 0 radical (unpaired) electrons. The summed E-state index contributed by atoms with van der Waals surface area (Å²) in [5, 5.41) is 8.60. The zero-order valence-corrected chi connectivity index (χ0v) is 18.4. The Balaban J connectivity index is 1.45. The summed E-state index contributed by atoms with van der Waals surface area (Å²) in [7, 11) is 0. The number of nitrogens with one attached hydrogen (secondary N) is 2. The number of H-pyrrole nitrogens is 1. The molecule has 1 aliphatic heterocycles. The highest BCUT2D eigenvalue weighted by molar-refractivity contribution is 6.11. The molecule has 1 saturated heterocycles. The summed E-state index contributed by atoms with van der Waals surface area (Å²) < 4.78 is 7.11. The lowest BCUT2D eigenvalue weighted by Gasteiger charge is -2.10. The van der Waals surface area contributed by atoms with Crippen LogP contribution in [0.2, 0.25) is 0 Å². The minimum Gasteiger partial charge on any atom is -0.383 e. The van der Waals surface area contributed by atoms with Crippen LogP contribution >= 0.6 is 0 Å². The van der Waals surface area contributed by atoms with Crippen LogP contribution in [0.4, 0.5) is 5.82 Å². The second kappa shape index (κ2) is 8.27. The van der Waals surface area contributed by atoms with Crippen molar-refractivity contribution in [1.29, 1.82) is 0 Å². The van der Waals surface area contributed by atoms with Crippen LogP contribution in [0.3, 0.4) is 0 Å². The molecule has 6 rings (SSSR count). The fourth-order valence-corrected chi connectivity index (χ4v) is 4.41. The van der Waals surface area contributed by atoms with Crippen LogP contribution in [-0.4, -0.2) is 51.0 Å². The second-order valence-corrected chi connectivity index (χ2v) is 8.34. The van der Waals surface area contributed by atoms with Crippen molar-refractivity contribution in [3.8, 4) is 0 Å². The summed E-state index contributed by atoms with van der Waals surface area (Å²) in [4.78, 5) is 25.9. The van der Waals surface area contributed by atoms with Gasteiger partial charge in [-0.05, 0) is 31.0 Å². The third-order valence-corrected chi connectivity index (χ3v) is 6.15. The van der Waals surface area contributed by atoms with Gasteiger partial charge in [-0.15, -0.1) is 0 Å². The van der Waals surface area contributed by atoms with Crippen LogP contribution in [-0.2, 0) is 4.74 Å². The van der Waals surface area contributed by atoms with E-state index in [0.717, 1.165) is 35.9 Å². The molecule has 3 aromatic heterocycles. The number of benzene rings is 2. The van der Waals surface area contributed by atoms with Gasteiger partial charge in [0.15, 0.2) is 5.65 Å². The van der Waals surface area contributed by atoms with E-state index in [0.29, 0.717) is 28.7 Å². The van der Waals surface area contributed by atoms with E-state index in [1.54, 1.807) is 6.21 Å². The molecule has 0 bridgehead atoms. The zero-order chi connectivity index (χ0) is 23.1. The number of amides is 1. The van der Waals surface area contributed by atoms with E-state index in [1.807, 2.05) is 54.7 Å². The van der Waals surface area contributed by atoms with Crippen molar-refractivity contribution in [1.82, 2.24) is 24.9 Å². The van der Waals surface area contributed by atoms with Gasteiger partial charge in [0.1, 0.15) is 16.9 Å². The summed E-state index contributed by atoms with van der Waals surface area (Å²) in [5.41, 5.74) is 10.9. The summed E-state index contributed by atoms with van der Waals surface area (Å²) >= 11 is 0. The van der Waals surface area contributed by atoms with E-state index in [1.165, 1.54) is 4.68 Å². The first-order valence-corrected chi connectivity index (χ1v) is 11.3. The van der Waals surface area contributed by atoms with Crippen molar-refractivity contribution in [3.05, 3.63) is 65.9 Å². The SMILES string of the molecule is Nc1c(C(=O)NC[C@H]2CCCO2)c2nc3ccccc3nc2n1/N=C\c1c[nH]c2ccccc12. The van der Waals surface area contributed by atoms with Gasteiger partial charge in [0.05, 0.1) is 23.4 Å². The molecule has 0 unspecified atom stereocenters. The van der Waals surface area contributed by atoms with Gasteiger partial charge in [-0.1, -0.05) is 30.3 Å². The van der Waals surface area contributed by atoms with Crippen LogP contribution in [0.1, 0.15) is 28.8 Å². The molecule has 5 aromatic rings. The first-order valence-electron chi connectivity index (χ1n) is 11.3. The number of nitrogens with two attached hydrogens (primary N) is 1. The van der Waals surface area contributed by atoms with Crippen molar-refractivity contribution < 1.29 is 9.53 Å². The van der Waals surface area contributed by atoms with Crippen molar-refractivity contribution in [3.63, 3.8) is 0 Å². The fourth-order valence-electron chi connectivity index (χ4n) is 4.41. The average Bonchev–Trinajstić information content (AvgIpc) is 3.58. The predicted octanol–water partition coefficient (Wildman–Crippen LogP) is 3.44. The summed E-state index contributed by atoms with van der Waals surface area (Å²) in [6.45, 7) is 1.15. The van der Waals surface area contributed by atoms with Crippen molar-refractivity contribution in [2.45, 2.75) is 18.9 Å². The standard InChI is InChI=1S/C25H23N7O2/c26-23-21(25(33)28-14-16-6-5-11-34-16)22-24(31-20-10-4-3-9-19(20)30-22)32(23)29-13-15-12-27-18-8-2-1-7-17(15)18/h1-4,7-10,12-13,16,27H,5-6,11,14,26H2,(H,28,33)/b29-13-/t16-/m1/s1. The Morgan fingerprint density at radius 1 is 1.21 bits per heavy atom. The number of hydrogen-bond acceptors (Lipinski definition) is 6. The molecule has 4 heterocycles. The molecule has 9 heteroatoms. The van der Waals surface area contributed by atoms with Crippen molar-refractivity contribution in [2.24, 2.45) is 5.10 Å². The first kappa shape index (κ1) is 20.4. The van der Waals surface area contributed by atoms with Gasteiger partial charge in [0.2, 0.25) is 0 Å². The minimum atomic E-state index is -0.316. The number of hydrogen-bond donors (Lipinski definition) is 3. The lowest BCUT2D eigenvalue weighted by atomic mass is 10.2. The van der Waals surface area contributed by atoms with Gasteiger partial charge in [-0.3, -0.25) is 4.79 Å². The van der Waals surface area contributed by atoms with Gasteiger partial charge in [-0.25, -0.2) is 9.97 Å². The van der Waals surface area contributed by atoms with Crippen molar-refractivity contribution >= 4 is 51.0 Å². The normalized spacial score (nSPS) is 16.3. The number of para-hydroxylation sites is 3. The molecular formula is C25H23N7O2. The molecule has 4 N–H and O–H groups in total. The fraction of sp³-hybridized carbons (Fsp3) is 0.200. The largest absolute Gasteiger partial charge is 0.383 e. The number of carbonyl (C=O) groups excluding carboxylic acids is 1. The number of nitrogen functional groups attached to an aromatic ring is 1. The number of fused-ring (bicyclic) bond motifs is 3. The van der Waals surface area contributed by atoms with E-state index in [2.05, 4.69) is 15.4 Å². The summed E-state index contributed by atoms with van der Waals surface area (Å²) in [5.74, 6) is -0.130. The van der Waals surface area contributed by atoms with Crippen LogP contribution in [0.5, 0.6) is 0 Å². The number of carbonyl (C=O) groups is 1. The number of aromatic nitrogens is 4. The Bertz CT molecular complexity index is 1560. The monoisotopic (exact) mass is 453 g/mol. The highest BCUT2D eigenvalue weighted by Gasteiger charge is 2.25. The molecule has 9 nitrogen and oxygen atoms in total. The molecular weight excluding hydrogens is 430 g/mol. The number of anilines is 1. The van der Waals surface area contributed by atoms with Gasteiger partial charge < -0.3 is 20.8 Å². The summed E-state index contributed by atoms with van der Waals surface area (Å²) in [6, 6.07) is 15.5. The van der Waals surface area contributed by atoms with Gasteiger partial charge >= 0.3 is 0 Å². The van der Waals surface area contributed by atoms with Crippen LogP contribution in [0.15, 0.2) is 59.8 Å². The van der Waals surface area contributed by atoms with Gasteiger partial charge in [0.25, 0.3) is 5.91 Å². The molecule has 170 valence electrons. The Morgan fingerprint density at radius 3 is 2.82 bits per heavy atom. The first-order chi connectivity index (χ1) is 16.7. The predicted molar refractivity (Wildman–Crippen MR) is 132 cm³/mol. The third kappa shape index (κ3) is 3.46. The molecule has 0 spiro atoms. The van der Waals surface area contributed by atoms with Crippen LogP contribution in [0, 0.1) is 0 Å². The van der Waals surface area contributed by atoms with E-state index >= 15 is 0 Å². The van der Waals surface area contributed by atoms with E-state index in [4.69, 9.17) is 20.4 Å². The highest BCUT2D eigenvalue weighted by Crippen LogP contribution is 2.28. The Morgan fingerprint density at radius 2 is 2.00 bits per heavy atom. The summed E-state index contributed by atoms with van der Waals surface area (Å²) in [6.07, 6.45) is 5.54. The molecule has 0 saturated carbocycles. The number of aromatic amines is 1. The number of ether oxygens (including phenoxy) is 1. The van der Waals surface area contributed by atoms with Crippen molar-refractivity contribution in [2.75, 3.05) is 18.9 Å². The molecule has 1 fully saturated rings. The Kier molecular flexibility index (Phi) is 4.96. The van der Waals surface area contributed by atoms with Crippen LogP contribution < -0.4 is 11.1 Å². The molecule has 2 aromatic carbocycles. The topological polar surface area (TPSA) is 123 Å². The molecule has 0 aliphatic carbocycles. The number of nitrogens with zero attached hydrogens (tertiary/aromatic N) is 4. The maximum atomic E-state index is 13.2. The minimum absolute atomic E-state index is 0.0188. The van der Waals surface area contributed by atoms with Crippen LogP contribution in [0.25, 0.3) is 33.1 Å². The lowest BCUT2D eigenvalue weighted by Crippen LogP contribution is -2.32. The number of rotatable bonds is 5. The van der Waals surface area contributed by atoms with E-state index in [-0.39, 0.29) is 23.4 Å². The second-order valence-electron chi connectivity index (χ2n) is 8.34. The van der Waals surface area contributed by atoms with Gasteiger partial charge in [0, 0.05) is 35.8 Å². The maximum absolute atomic E-state index is 13.2. The Labute approximate surface area is 194 Å². The third-order valence-electron chi connectivity index (χ3n) is 6.15. The van der Waals surface area contributed by atoms with E-state index < -0.39 is 0 Å². The smallest absolute Gasteiger partial charge is 0.257 e. The molecule has 1 aliphatic rings. The highest BCUT2D eigenvalue weighted by atomic mass is 16.5. The lowest BCUT2D eigenvalue weighted by molar-refractivity contribution is 0.0859. The molecule has 1 atom stereocenters. The van der Waals surface area contributed by atoms with E-state index in [9.17, 15) is 4.79 Å². The van der Waals surface area contributed by atoms with Gasteiger partial charge in [-0.2, -0.15) is 9.78 Å². The quantitative estimate of drug-likeness (QED) is 0.352. The maximum Gasteiger partial charge on any atom is 0.257 e. The zero-order valence-electron chi connectivity index (χ0n) is 18.4.